The van der Waals surface area contributed by atoms with Gasteiger partial charge in [-0.15, -0.1) is 11.3 Å². The molecule has 0 aliphatic heterocycles. The average molecular weight is 342 g/mol. The molecule has 0 fully saturated rings. The SMILES string of the molecule is COc1ccc(/C=C/c2cc(=O)n3c(CC(=O)O)csc3n2)cc1. The van der Waals surface area contributed by atoms with Crippen LogP contribution in [0, 0.1) is 0 Å². The standard InChI is InChI=1S/C17H14N2O4S/c1-23-14-6-3-11(4-7-14)2-5-12-8-15(20)19-13(9-16(21)22)10-24-17(19)18-12/h2-8,10H,9H2,1H3,(H,21,22)/b5-2+. The molecule has 0 saturated carbocycles. The van der Waals surface area contributed by atoms with E-state index in [1.165, 1.54) is 21.8 Å². The highest BCUT2D eigenvalue weighted by molar-refractivity contribution is 7.15. The van der Waals surface area contributed by atoms with E-state index in [1.54, 1.807) is 18.6 Å². The fourth-order valence-corrected chi connectivity index (χ4v) is 3.15. The van der Waals surface area contributed by atoms with Gasteiger partial charge in [-0.3, -0.25) is 14.0 Å². The van der Waals surface area contributed by atoms with Crippen LogP contribution in [0.3, 0.4) is 0 Å². The van der Waals surface area contributed by atoms with Crippen LogP contribution in [0.5, 0.6) is 5.75 Å². The Morgan fingerprint density at radius 3 is 2.75 bits per heavy atom. The number of nitrogens with zero attached hydrogens (tertiary/aromatic N) is 2. The number of rotatable bonds is 5. The van der Waals surface area contributed by atoms with Gasteiger partial charge in [-0.1, -0.05) is 18.2 Å². The van der Waals surface area contributed by atoms with E-state index >= 15 is 0 Å². The highest BCUT2D eigenvalue weighted by Crippen LogP contribution is 2.16. The number of benzene rings is 1. The Kier molecular flexibility index (Phi) is 4.43. The minimum atomic E-state index is -0.981. The molecule has 2 heterocycles. The zero-order valence-corrected chi connectivity index (χ0v) is 13.6. The van der Waals surface area contributed by atoms with Crippen molar-refractivity contribution in [2.45, 2.75) is 6.42 Å². The van der Waals surface area contributed by atoms with Crippen molar-refractivity contribution < 1.29 is 14.6 Å². The van der Waals surface area contributed by atoms with E-state index < -0.39 is 5.97 Å². The molecule has 122 valence electrons. The molecular weight excluding hydrogens is 328 g/mol. The van der Waals surface area contributed by atoms with Crippen LogP contribution < -0.4 is 10.3 Å². The number of ether oxygens (including phenoxy) is 1. The van der Waals surface area contributed by atoms with Gasteiger partial charge in [0.25, 0.3) is 5.56 Å². The number of thiazole rings is 1. The summed E-state index contributed by atoms with van der Waals surface area (Å²) in [4.78, 5) is 28.0. The number of aliphatic carboxylic acids is 1. The zero-order chi connectivity index (χ0) is 17.1. The van der Waals surface area contributed by atoms with Gasteiger partial charge in [-0.25, -0.2) is 4.98 Å². The molecule has 3 aromatic rings. The Hall–Kier alpha value is -2.93. The maximum Gasteiger partial charge on any atom is 0.309 e. The Morgan fingerprint density at radius 2 is 2.08 bits per heavy atom. The van der Waals surface area contributed by atoms with Gasteiger partial charge < -0.3 is 9.84 Å². The Bertz CT molecular complexity index is 970. The summed E-state index contributed by atoms with van der Waals surface area (Å²) in [5.41, 5.74) is 1.63. The van der Waals surface area contributed by atoms with Crippen LogP contribution in [0.4, 0.5) is 0 Å². The highest BCUT2D eigenvalue weighted by atomic mass is 32.1. The van der Waals surface area contributed by atoms with E-state index in [0.717, 1.165) is 11.3 Å². The van der Waals surface area contributed by atoms with Crippen molar-refractivity contribution in [1.82, 2.24) is 9.38 Å². The van der Waals surface area contributed by atoms with Crippen LogP contribution in [0.25, 0.3) is 17.1 Å². The maximum absolute atomic E-state index is 12.2. The summed E-state index contributed by atoms with van der Waals surface area (Å²) in [5, 5.41) is 10.5. The predicted molar refractivity (Wildman–Crippen MR) is 92.6 cm³/mol. The van der Waals surface area contributed by atoms with E-state index in [0.29, 0.717) is 16.3 Å². The molecule has 0 atom stereocenters. The van der Waals surface area contributed by atoms with Crippen LogP contribution in [-0.2, 0) is 11.2 Å². The Morgan fingerprint density at radius 1 is 1.33 bits per heavy atom. The fourth-order valence-electron chi connectivity index (χ4n) is 2.25. The average Bonchev–Trinajstić information content (AvgIpc) is 2.96. The van der Waals surface area contributed by atoms with Crippen LogP contribution in [0.15, 0.2) is 40.5 Å². The molecule has 0 amide bonds. The molecule has 0 radical (unpaired) electrons. The van der Waals surface area contributed by atoms with Gasteiger partial charge in [0, 0.05) is 17.1 Å². The van der Waals surface area contributed by atoms with Crippen LogP contribution in [0.1, 0.15) is 17.0 Å². The first-order chi connectivity index (χ1) is 11.6. The number of carboxylic acid groups (broad SMARTS) is 1. The first-order valence-corrected chi connectivity index (χ1v) is 7.99. The number of aromatic nitrogens is 2. The first-order valence-electron chi connectivity index (χ1n) is 7.11. The summed E-state index contributed by atoms with van der Waals surface area (Å²) < 4.78 is 6.44. The molecule has 0 aliphatic carbocycles. The smallest absolute Gasteiger partial charge is 0.309 e. The predicted octanol–water partition coefficient (Wildman–Crippen LogP) is 2.56. The topological polar surface area (TPSA) is 80.9 Å². The highest BCUT2D eigenvalue weighted by Gasteiger charge is 2.10. The van der Waals surface area contributed by atoms with E-state index in [1.807, 2.05) is 30.3 Å². The molecule has 2 aromatic heterocycles. The number of carbonyl (C=O) groups is 1. The first kappa shape index (κ1) is 15.9. The summed E-state index contributed by atoms with van der Waals surface area (Å²) in [6.07, 6.45) is 3.39. The largest absolute Gasteiger partial charge is 0.497 e. The molecule has 1 aromatic carbocycles. The van der Waals surface area contributed by atoms with Crippen molar-refractivity contribution in [2.24, 2.45) is 0 Å². The number of hydrogen-bond acceptors (Lipinski definition) is 5. The van der Waals surface area contributed by atoms with Crippen LogP contribution in [0.2, 0.25) is 0 Å². The monoisotopic (exact) mass is 342 g/mol. The van der Waals surface area contributed by atoms with Crippen LogP contribution in [-0.4, -0.2) is 27.6 Å². The molecule has 0 spiro atoms. The van der Waals surface area contributed by atoms with Gasteiger partial charge in [-0.05, 0) is 23.8 Å². The van der Waals surface area contributed by atoms with Crippen molar-refractivity contribution in [2.75, 3.05) is 7.11 Å². The molecule has 7 heteroatoms. The number of carboxylic acids is 1. The van der Waals surface area contributed by atoms with Gasteiger partial charge in [0.05, 0.1) is 19.2 Å². The van der Waals surface area contributed by atoms with Gasteiger partial charge in [0.2, 0.25) is 0 Å². The third kappa shape index (κ3) is 3.36. The van der Waals surface area contributed by atoms with Crippen molar-refractivity contribution in [3.05, 3.63) is 63.0 Å². The zero-order valence-electron chi connectivity index (χ0n) is 12.8. The second-order valence-corrected chi connectivity index (χ2v) is 5.88. The van der Waals surface area contributed by atoms with Gasteiger partial charge in [0.15, 0.2) is 4.96 Å². The van der Waals surface area contributed by atoms with Crippen molar-refractivity contribution in [1.29, 1.82) is 0 Å². The van der Waals surface area contributed by atoms with Gasteiger partial charge in [-0.2, -0.15) is 0 Å². The van der Waals surface area contributed by atoms with E-state index in [-0.39, 0.29) is 12.0 Å². The third-order valence-electron chi connectivity index (χ3n) is 3.39. The maximum atomic E-state index is 12.2. The third-order valence-corrected chi connectivity index (χ3v) is 4.26. The summed E-state index contributed by atoms with van der Waals surface area (Å²) in [5.74, 6) is -0.209. The number of fused-ring (bicyclic) bond motifs is 1. The molecule has 6 nitrogen and oxygen atoms in total. The summed E-state index contributed by atoms with van der Waals surface area (Å²) in [7, 11) is 1.61. The molecule has 3 rings (SSSR count). The van der Waals surface area contributed by atoms with E-state index in [2.05, 4.69) is 4.98 Å². The lowest BCUT2D eigenvalue weighted by molar-refractivity contribution is -0.136. The van der Waals surface area contributed by atoms with E-state index in [9.17, 15) is 9.59 Å². The normalized spacial score (nSPS) is 11.2. The second-order valence-electron chi connectivity index (χ2n) is 5.04. The minimum Gasteiger partial charge on any atom is -0.497 e. The van der Waals surface area contributed by atoms with Gasteiger partial charge in [0.1, 0.15) is 5.75 Å². The lowest BCUT2D eigenvalue weighted by Gasteiger charge is -2.00. The number of methoxy groups -OCH3 is 1. The molecule has 0 bridgehead atoms. The Labute approximate surface area is 141 Å². The molecule has 0 unspecified atom stereocenters. The van der Waals surface area contributed by atoms with Crippen LogP contribution >= 0.6 is 11.3 Å². The lowest BCUT2D eigenvalue weighted by atomic mass is 10.2. The quantitative estimate of drug-likeness (QED) is 0.771. The summed E-state index contributed by atoms with van der Waals surface area (Å²) in [6.45, 7) is 0. The molecule has 1 N–H and O–H groups in total. The summed E-state index contributed by atoms with van der Waals surface area (Å²) in [6, 6.07) is 8.89. The second kappa shape index (κ2) is 6.67. The van der Waals surface area contributed by atoms with Crippen molar-refractivity contribution in [3.8, 4) is 5.75 Å². The lowest BCUT2D eigenvalue weighted by Crippen LogP contribution is -2.17. The minimum absolute atomic E-state index is 0.206. The fraction of sp³-hybridized carbons (Fsp3) is 0.118. The molecule has 0 saturated heterocycles. The van der Waals surface area contributed by atoms with Crippen molar-refractivity contribution in [3.63, 3.8) is 0 Å². The molecular formula is C17H14N2O4S. The van der Waals surface area contributed by atoms with Gasteiger partial charge >= 0.3 is 5.97 Å². The van der Waals surface area contributed by atoms with E-state index in [4.69, 9.17) is 9.84 Å². The summed E-state index contributed by atoms with van der Waals surface area (Å²) >= 11 is 1.25. The Balaban J connectivity index is 1.91. The molecule has 0 aliphatic rings. The number of hydrogen-bond donors (Lipinski definition) is 1. The van der Waals surface area contributed by atoms with Crippen molar-refractivity contribution >= 4 is 34.4 Å². The molecule has 24 heavy (non-hydrogen) atoms.